The molecule has 0 saturated carbocycles. The number of carbonyl (C=O) groups is 3. The molecule has 3 amide bonds. The third-order valence-corrected chi connectivity index (χ3v) is 6.81. The van der Waals surface area contributed by atoms with Crippen molar-refractivity contribution in [2.75, 3.05) is 32.5 Å². The van der Waals surface area contributed by atoms with Gasteiger partial charge in [-0.2, -0.15) is 0 Å². The number of ether oxygens (including phenoxy) is 2. The fraction of sp³-hybridized carbons (Fsp3) is 0.219. The van der Waals surface area contributed by atoms with Gasteiger partial charge in [-0.05, 0) is 66.7 Å². The first-order valence-corrected chi connectivity index (χ1v) is 13.7. The van der Waals surface area contributed by atoms with Crippen LogP contribution >= 0.6 is 0 Å². The first-order valence-electron chi connectivity index (χ1n) is 13.7. The Morgan fingerprint density at radius 1 is 0.837 bits per heavy atom. The predicted molar refractivity (Wildman–Crippen MR) is 157 cm³/mol. The second-order valence-electron chi connectivity index (χ2n) is 10.2. The number of nitrogens with one attached hydrogen (secondary N) is 1. The number of hydrogen-bond donors (Lipinski definition) is 1. The number of carbonyl (C=O) groups excluding carboxylic acids is 3. The van der Waals surface area contributed by atoms with E-state index < -0.39 is 5.91 Å². The number of halogens is 1. The summed E-state index contributed by atoms with van der Waals surface area (Å²) in [4.78, 5) is 49.4. The number of likely N-dealkylation sites (tertiary alicyclic amines) is 1. The summed E-state index contributed by atoms with van der Waals surface area (Å²) in [5.41, 5.74) is 1.56. The molecule has 0 spiro atoms. The molecule has 0 radical (unpaired) electrons. The van der Waals surface area contributed by atoms with Crippen LogP contribution in [-0.2, 0) is 0 Å². The molecule has 0 aliphatic carbocycles. The molecule has 1 N–H and O–H groups in total. The smallest absolute Gasteiger partial charge is 0.274 e. The molecule has 1 aliphatic rings. The molecule has 3 heterocycles. The number of anilines is 1. The Kier molecular flexibility index (Phi) is 8.90. The Bertz CT molecular complexity index is 1570. The second-order valence-corrected chi connectivity index (χ2v) is 10.2. The van der Waals surface area contributed by atoms with Crippen LogP contribution in [0.2, 0.25) is 0 Å². The largest absolute Gasteiger partial charge is 0.490 e. The molecule has 2 aromatic heterocycles. The number of benzene rings is 2. The lowest BCUT2D eigenvalue weighted by Crippen LogP contribution is -2.41. The number of amides is 3. The molecule has 10 nitrogen and oxygen atoms in total. The lowest BCUT2D eigenvalue weighted by molar-refractivity contribution is 0.0594. The van der Waals surface area contributed by atoms with Crippen molar-refractivity contribution in [3.8, 4) is 17.4 Å². The highest BCUT2D eigenvalue weighted by Gasteiger charge is 2.25. The summed E-state index contributed by atoms with van der Waals surface area (Å²) in [5.74, 6) is 0.352. The maximum absolute atomic E-state index is 13.1. The van der Waals surface area contributed by atoms with E-state index in [4.69, 9.17) is 9.47 Å². The van der Waals surface area contributed by atoms with Crippen LogP contribution < -0.4 is 14.8 Å². The van der Waals surface area contributed by atoms with Crippen molar-refractivity contribution in [3.05, 3.63) is 108 Å². The van der Waals surface area contributed by atoms with Crippen molar-refractivity contribution in [1.82, 2.24) is 19.8 Å². The van der Waals surface area contributed by atoms with Crippen LogP contribution in [0.3, 0.4) is 0 Å². The van der Waals surface area contributed by atoms with Gasteiger partial charge in [0.05, 0.1) is 17.4 Å². The topological polar surface area (TPSA) is 114 Å². The molecule has 1 saturated heterocycles. The number of nitrogens with zero attached hydrogens (tertiary/aromatic N) is 4. The summed E-state index contributed by atoms with van der Waals surface area (Å²) in [5, 5.41) is 2.71. The van der Waals surface area contributed by atoms with Gasteiger partial charge in [-0.3, -0.25) is 19.4 Å². The van der Waals surface area contributed by atoms with Crippen molar-refractivity contribution in [2.24, 2.45) is 0 Å². The molecule has 5 rings (SSSR count). The van der Waals surface area contributed by atoms with Crippen LogP contribution in [-0.4, -0.2) is 70.8 Å². The molecule has 1 fully saturated rings. The first-order chi connectivity index (χ1) is 20.7. The van der Waals surface area contributed by atoms with Crippen LogP contribution in [0.15, 0.2) is 85.2 Å². The van der Waals surface area contributed by atoms with Crippen molar-refractivity contribution in [1.29, 1.82) is 0 Å². The third kappa shape index (κ3) is 7.50. The molecule has 0 atom stereocenters. The number of hydrogen-bond acceptors (Lipinski definition) is 7. The Labute approximate surface area is 248 Å². The second kappa shape index (κ2) is 13.1. The van der Waals surface area contributed by atoms with Gasteiger partial charge in [0.1, 0.15) is 29.1 Å². The van der Waals surface area contributed by atoms with Crippen molar-refractivity contribution in [2.45, 2.75) is 18.9 Å². The predicted octanol–water partition coefficient (Wildman–Crippen LogP) is 5.05. The highest BCUT2D eigenvalue weighted by atomic mass is 19.1. The van der Waals surface area contributed by atoms with Crippen LogP contribution in [0, 0.1) is 5.82 Å². The summed E-state index contributed by atoms with van der Waals surface area (Å²) in [6.45, 7) is 1.05. The fourth-order valence-electron chi connectivity index (χ4n) is 4.47. The Hall–Kier alpha value is -5.32. The van der Waals surface area contributed by atoms with Gasteiger partial charge in [0.25, 0.3) is 17.7 Å². The van der Waals surface area contributed by atoms with Gasteiger partial charge in [0.2, 0.25) is 5.88 Å². The lowest BCUT2D eigenvalue weighted by atomic mass is 10.1. The number of piperidine rings is 1. The molecular formula is C32H30FN5O5. The minimum Gasteiger partial charge on any atom is -0.490 e. The molecule has 0 bridgehead atoms. The van der Waals surface area contributed by atoms with Crippen molar-refractivity contribution in [3.63, 3.8) is 0 Å². The van der Waals surface area contributed by atoms with E-state index in [9.17, 15) is 18.8 Å². The summed E-state index contributed by atoms with van der Waals surface area (Å²) >= 11 is 0. The molecule has 2 aromatic carbocycles. The van der Waals surface area contributed by atoms with Gasteiger partial charge >= 0.3 is 0 Å². The highest BCUT2D eigenvalue weighted by molar-refractivity contribution is 6.03. The van der Waals surface area contributed by atoms with E-state index in [1.54, 1.807) is 61.5 Å². The average molecular weight is 584 g/mol. The molecule has 220 valence electrons. The summed E-state index contributed by atoms with van der Waals surface area (Å²) in [6, 6.07) is 18.9. The van der Waals surface area contributed by atoms with E-state index in [-0.39, 0.29) is 35.3 Å². The van der Waals surface area contributed by atoms with E-state index in [1.807, 2.05) is 0 Å². The maximum atomic E-state index is 13.1. The number of rotatable bonds is 8. The monoisotopic (exact) mass is 583 g/mol. The van der Waals surface area contributed by atoms with Crippen molar-refractivity contribution < 1.29 is 28.2 Å². The molecule has 43 heavy (non-hydrogen) atoms. The van der Waals surface area contributed by atoms with Gasteiger partial charge in [-0.25, -0.2) is 9.37 Å². The first kappa shape index (κ1) is 29.2. The molecule has 1 aliphatic heterocycles. The number of pyridine rings is 2. The minimum atomic E-state index is -0.454. The normalized spacial score (nSPS) is 13.2. The molecule has 11 heteroatoms. The van der Waals surface area contributed by atoms with E-state index in [1.165, 1.54) is 47.6 Å². The van der Waals surface area contributed by atoms with E-state index >= 15 is 0 Å². The Morgan fingerprint density at radius 2 is 1.51 bits per heavy atom. The van der Waals surface area contributed by atoms with Gasteiger partial charge in [0, 0.05) is 57.9 Å². The highest BCUT2D eigenvalue weighted by Crippen LogP contribution is 2.23. The molecule has 4 aromatic rings. The van der Waals surface area contributed by atoms with Crippen LogP contribution in [0.25, 0.3) is 0 Å². The van der Waals surface area contributed by atoms with Crippen molar-refractivity contribution >= 4 is 23.4 Å². The Balaban J connectivity index is 1.09. The maximum Gasteiger partial charge on any atom is 0.274 e. The van der Waals surface area contributed by atoms with Crippen LogP contribution in [0.4, 0.5) is 10.1 Å². The quantitative estimate of drug-likeness (QED) is 0.309. The van der Waals surface area contributed by atoms with E-state index in [0.29, 0.717) is 54.2 Å². The molecule has 0 unspecified atom stereocenters. The lowest BCUT2D eigenvalue weighted by Gasteiger charge is -2.32. The molecular weight excluding hydrogens is 553 g/mol. The zero-order valence-corrected chi connectivity index (χ0v) is 23.7. The minimum absolute atomic E-state index is 0.0401. The van der Waals surface area contributed by atoms with Gasteiger partial charge in [-0.1, -0.05) is 0 Å². The number of aromatic nitrogens is 2. The van der Waals surface area contributed by atoms with Gasteiger partial charge in [0.15, 0.2) is 0 Å². The van der Waals surface area contributed by atoms with Gasteiger partial charge < -0.3 is 24.6 Å². The third-order valence-electron chi connectivity index (χ3n) is 6.81. The summed E-state index contributed by atoms with van der Waals surface area (Å²) in [7, 11) is 3.41. The summed E-state index contributed by atoms with van der Waals surface area (Å²) < 4.78 is 24.7. The average Bonchev–Trinajstić information content (AvgIpc) is 3.03. The van der Waals surface area contributed by atoms with Crippen LogP contribution in [0.5, 0.6) is 17.4 Å². The standard InChI is InChI=1S/C32H30FN5O5/c1-37(2)31(40)21-3-9-25(10-4-21)42-27-15-17-38(18-16-27)32(41)22-5-13-28(34-19-22)30(39)36-24-8-14-29(35-20-24)43-26-11-6-23(33)7-12-26/h3-14,19-20,27H,15-18H2,1-2H3,(H,36,39). The van der Waals surface area contributed by atoms with Crippen LogP contribution in [0.1, 0.15) is 44.0 Å². The zero-order valence-electron chi connectivity index (χ0n) is 23.7. The van der Waals surface area contributed by atoms with E-state index in [0.717, 1.165) is 0 Å². The van der Waals surface area contributed by atoms with Gasteiger partial charge in [-0.15, -0.1) is 0 Å². The fourth-order valence-corrected chi connectivity index (χ4v) is 4.47. The summed E-state index contributed by atoms with van der Waals surface area (Å²) in [6.07, 6.45) is 4.12. The Morgan fingerprint density at radius 3 is 2.12 bits per heavy atom. The van der Waals surface area contributed by atoms with E-state index in [2.05, 4.69) is 15.3 Å². The zero-order chi connectivity index (χ0) is 30.3. The SMILES string of the molecule is CN(C)C(=O)c1ccc(OC2CCN(C(=O)c3ccc(C(=O)Nc4ccc(Oc5ccc(F)cc5)nc4)nc3)CC2)cc1.